The van der Waals surface area contributed by atoms with E-state index in [1.807, 2.05) is 0 Å². The number of hydrogen-bond acceptors (Lipinski definition) is 2. The Bertz CT molecular complexity index is 458. The van der Waals surface area contributed by atoms with E-state index in [4.69, 9.17) is 5.26 Å². The maximum Gasteiger partial charge on any atom is 0.417 e. The molecule has 0 N–H and O–H groups in total. The average Bonchev–Trinajstić information content (AvgIpc) is 2.15. The normalized spacial score (nSPS) is 10.9. The Morgan fingerprint density at radius 2 is 2.06 bits per heavy atom. The predicted molar refractivity (Wildman–Crippen MR) is 50.9 cm³/mol. The van der Waals surface area contributed by atoms with Crippen LogP contribution < -0.4 is 0 Å². The summed E-state index contributed by atoms with van der Waals surface area (Å²) in [7, 11) is 0. The monoisotopic (exact) mass is 227 g/mol. The van der Waals surface area contributed by atoms with Gasteiger partial charge in [-0.15, -0.1) is 0 Å². The van der Waals surface area contributed by atoms with Crippen LogP contribution in [0.4, 0.5) is 13.2 Å². The molecule has 0 fully saturated rings. The summed E-state index contributed by atoms with van der Waals surface area (Å²) < 4.78 is 38.0. The first-order valence-corrected chi connectivity index (χ1v) is 4.43. The van der Waals surface area contributed by atoms with Crippen LogP contribution >= 0.6 is 0 Å². The summed E-state index contributed by atoms with van der Waals surface area (Å²) in [5.41, 5.74) is -1.05. The number of hydrogen-bond donors (Lipinski definition) is 0. The summed E-state index contributed by atoms with van der Waals surface area (Å²) in [5.74, 6) is 0. The van der Waals surface area contributed by atoms with E-state index < -0.39 is 17.3 Å². The molecule has 1 aromatic rings. The van der Waals surface area contributed by atoms with Gasteiger partial charge in [-0.2, -0.15) is 18.4 Å². The van der Waals surface area contributed by atoms with E-state index in [1.165, 1.54) is 6.07 Å². The number of carbonyl (C=O) groups excluding carboxylic acids is 1. The molecule has 84 valence electrons. The van der Waals surface area contributed by atoms with Gasteiger partial charge in [-0.05, 0) is 18.6 Å². The lowest BCUT2D eigenvalue weighted by atomic mass is 9.96. The van der Waals surface area contributed by atoms with Crippen molar-refractivity contribution in [2.75, 3.05) is 0 Å². The summed E-state index contributed by atoms with van der Waals surface area (Å²) in [4.78, 5) is 10.6. The van der Waals surface area contributed by atoms with Crippen LogP contribution in [0.25, 0.3) is 0 Å². The zero-order valence-corrected chi connectivity index (χ0v) is 8.43. The number of alkyl halides is 3. The molecule has 0 atom stereocenters. The van der Waals surface area contributed by atoms with Crippen molar-refractivity contribution in [3.8, 4) is 6.07 Å². The molecule has 0 radical (unpaired) electrons. The van der Waals surface area contributed by atoms with E-state index in [0.29, 0.717) is 5.56 Å². The Morgan fingerprint density at radius 1 is 1.44 bits per heavy atom. The summed E-state index contributed by atoms with van der Waals surface area (Å²) in [6.45, 7) is 1.58. The first kappa shape index (κ1) is 12.2. The number of nitriles is 1. The number of carbonyl (C=O) groups is 1. The standard InChI is InChI=1S/C11H8F3NO/c1-7-4-8(2-3-15)10(11(12,13)14)9(5-7)6-16/h4-6H,2H2,1H3. The van der Waals surface area contributed by atoms with Crippen molar-refractivity contribution in [1.29, 1.82) is 5.26 Å². The van der Waals surface area contributed by atoms with E-state index in [-0.39, 0.29) is 18.3 Å². The molecule has 0 saturated heterocycles. The lowest BCUT2D eigenvalue weighted by Crippen LogP contribution is -2.13. The van der Waals surface area contributed by atoms with Crippen LogP contribution in [0.5, 0.6) is 0 Å². The van der Waals surface area contributed by atoms with Crippen LogP contribution in [-0.2, 0) is 12.6 Å². The van der Waals surface area contributed by atoms with E-state index in [1.54, 1.807) is 13.0 Å². The molecule has 0 bridgehead atoms. The first-order valence-electron chi connectivity index (χ1n) is 4.43. The molecule has 0 unspecified atom stereocenters. The van der Waals surface area contributed by atoms with Crippen LogP contribution in [-0.4, -0.2) is 6.29 Å². The Balaban J connectivity index is 3.52. The van der Waals surface area contributed by atoms with Crippen LogP contribution in [0, 0.1) is 18.3 Å². The molecule has 0 saturated carbocycles. The molecule has 0 spiro atoms. The van der Waals surface area contributed by atoms with Crippen molar-refractivity contribution >= 4 is 6.29 Å². The highest BCUT2D eigenvalue weighted by atomic mass is 19.4. The van der Waals surface area contributed by atoms with E-state index in [2.05, 4.69) is 0 Å². The second-order valence-electron chi connectivity index (χ2n) is 3.34. The largest absolute Gasteiger partial charge is 0.417 e. The molecule has 16 heavy (non-hydrogen) atoms. The molecule has 0 amide bonds. The maximum absolute atomic E-state index is 12.7. The van der Waals surface area contributed by atoms with Gasteiger partial charge in [-0.3, -0.25) is 4.79 Å². The predicted octanol–water partition coefficient (Wildman–Crippen LogP) is 2.89. The fraction of sp³-hybridized carbons (Fsp3) is 0.273. The number of aldehydes is 1. The quantitative estimate of drug-likeness (QED) is 0.729. The van der Waals surface area contributed by atoms with Gasteiger partial charge in [0.2, 0.25) is 0 Å². The Kier molecular flexibility index (Phi) is 3.33. The summed E-state index contributed by atoms with van der Waals surface area (Å²) >= 11 is 0. The summed E-state index contributed by atoms with van der Waals surface area (Å²) in [6.07, 6.45) is -4.82. The third-order valence-corrected chi connectivity index (χ3v) is 2.07. The maximum atomic E-state index is 12.7. The minimum absolute atomic E-state index is 0.155. The van der Waals surface area contributed by atoms with Gasteiger partial charge in [0.25, 0.3) is 0 Å². The third-order valence-electron chi connectivity index (χ3n) is 2.07. The van der Waals surface area contributed by atoms with E-state index in [0.717, 1.165) is 6.07 Å². The smallest absolute Gasteiger partial charge is 0.298 e. The highest BCUT2D eigenvalue weighted by Gasteiger charge is 2.36. The second-order valence-corrected chi connectivity index (χ2v) is 3.34. The number of benzene rings is 1. The minimum atomic E-state index is -4.61. The number of aryl methyl sites for hydroxylation is 1. The van der Waals surface area contributed by atoms with Gasteiger partial charge in [0.1, 0.15) is 0 Å². The summed E-state index contributed by atoms with van der Waals surface area (Å²) in [5, 5.41) is 8.46. The van der Waals surface area contributed by atoms with Crippen LogP contribution in [0.15, 0.2) is 12.1 Å². The molecular weight excluding hydrogens is 219 g/mol. The van der Waals surface area contributed by atoms with Crippen molar-refractivity contribution in [1.82, 2.24) is 0 Å². The van der Waals surface area contributed by atoms with Gasteiger partial charge in [-0.25, -0.2) is 0 Å². The Labute approximate surface area is 90.3 Å². The molecule has 1 rings (SSSR count). The molecule has 0 aliphatic carbocycles. The zero-order chi connectivity index (χ0) is 12.3. The van der Waals surface area contributed by atoms with Gasteiger partial charge < -0.3 is 0 Å². The van der Waals surface area contributed by atoms with Gasteiger partial charge in [-0.1, -0.05) is 11.6 Å². The Morgan fingerprint density at radius 3 is 2.50 bits per heavy atom. The van der Waals surface area contributed by atoms with E-state index >= 15 is 0 Å². The lowest BCUT2D eigenvalue weighted by Gasteiger charge is -2.14. The Hall–Kier alpha value is -1.83. The minimum Gasteiger partial charge on any atom is -0.298 e. The fourth-order valence-electron chi connectivity index (χ4n) is 1.55. The van der Waals surface area contributed by atoms with Crippen molar-refractivity contribution in [2.24, 2.45) is 0 Å². The number of halogens is 3. The third kappa shape index (κ3) is 2.40. The topological polar surface area (TPSA) is 40.9 Å². The molecule has 2 nitrogen and oxygen atoms in total. The molecular formula is C11H8F3NO. The van der Waals surface area contributed by atoms with Crippen molar-refractivity contribution in [2.45, 2.75) is 19.5 Å². The lowest BCUT2D eigenvalue weighted by molar-refractivity contribution is -0.138. The molecule has 0 aliphatic heterocycles. The van der Waals surface area contributed by atoms with Crippen LogP contribution in [0.1, 0.15) is 27.0 Å². The molecule has 5 heteroatoms. The highest BCUT2D eigenvalue weighted by molar-refractivity contribution is 5.79. The molecule has 1 aromatic carbocycles. The number of nitrogens with zero attached hydrogens (tertiary/aromatic N) is 1. The highest BCUT2D eigenvalue weighted by Crippen LogP contribution is 2.35. The van der Waals surface area contributed by atoms with Crippen molar-refractivity contribution in [3.05, 3.63) is 34.4 Å². The number of rotatable bonds is 2. The molecule has 0 aromatic heterocycles. The first-order chi connectivity index (χ1) is 7.40. The van der Waals surface area contributed by atoms with Crippen molar-refractivity contribution in [3.63, 3.8) is 0 Å². The van der Waals surface area contributed by atoms with Crippen LogP contribution in [0.2, 0.25) is 0 Å². The molecule has 0 aliphatic rings. The SMILES string of the molecule is Cc1cc(C=O)c(C(F)(F)F)c(CC#N)c1. The fourth-order valence-corrected chi connectivity index (χ4v) is 1.55. The van der Waals surface area contributed by atoms with Crippen LogP contribution in [0.3, 0.4) is 0 Å². The van der Waals surface area contributed by atoms with Gasteiger partial charge in [0.05, 0.1) is 18.1 Å². The molecule has 0 heterocycles. The average molecular weight is 227 g/mol. The van der Waals surface area contributed by atoms with Gasteiger partial charge in [0, 0.05) is 5.56 Å². The second kappa shape index (κ2) is 4.35. The summed E-state index contributed by atoms with van der Waals surface area (Å²) in [6, 6.07) is 4.10. The van der Waals surface area contributed by atoms with E-state index in [9.17, 15) is 18.0 Å². The van der Waals surface area contributed by atoms with Gasteiger partial charge >= 0.3 is 6.18 Å². The zero-order valence-electron chi connectivity index (χ0n) is 8.43. The van der Waals surface area contributed by atoms with Gasteiger partial charge in [0.15, 0.2) is 6.29 Å². The van der Waals surface area contributed by atoms with Crippen molar-refractivity contribution < 1.29 is 18.0 Å².